The van der Waals surface area contributed by atoms with Crippen LogP contribution in [0.3, 0.4) is 0 Å². The number of nitrogens with zero attached hydrogens (tertiary/aromatic N) is 1. The Kier molecular flexibility index (Phi) is 2.52. The third kappa shape index (κ3) is 1.79. The van der Waals surface area contributed by atoms with E-state index in [1.807, 2.05) is 6.92 Å². The van der Waals surface area contributed by atoms with Crippen LogP contribution in [0.25, 0.3) is 0 Å². The maximum absolute atomic E-state index is 12.7. The Bertz CT molecular complexity index is 304. The number of ether oxygens (including phenoxy) is 1. The van der Waals surface area contributed by atoms with Crippen molar-refractivity contribution in [2.24, 2.45) is 0 Å². The number of hydrogen-bond donors (Lipinski definition) is 0. The van der Waals surface area contributed by atoms with Crippen LogP contribution in [0.4, 0.5) is 4.39 Å². The molecule has 0 bridgehead atoms. The summed E-state index contributed by atoms with van der Waals surface area (Å²) in [4.78, 5) is 0. The average Bonchev–Trinajstić information content (AvgIpc) is 2.19. The van der Waals surface area contributed by atoms with Crippen molar-refractivity contribution in [2.75, 3.05) is 19.7 Å². The Balaban J connectivity index is 2.23. The van der Waals surface area contributed by atoms with Crippen LogP contribution in [0.2, 0.25) is 0 Å². The molecular weight excluding hydrogens is 181 g/mol. The summed E-state index contributed by atoms with van der Waals surface area (Å²) in [6, 6.07) is 6.43. The van der Waals surface area contributed by atoms with E-state index in [0.29, 0.717) is 13.2 Å². The lowest BCUT2D eigenvalue weighted by Gasteiger charge is -2.33. The number of hydrogen-bond acceptors (Lipinski definition) is 1. The van der Waals surface area contributed by atoms with E-state index in [9.17, 15) is 4.39 Å². The molecule has 0 amide bonds. The highest BCUT2D eigenvalue weighted by Crippen LogP contribution is 2.26. The zero-order valence-corrected chi connectivity index (χ0v) is 8.16. The number of morpholine rings is 1. The van der Waals surface area contributed by atoms with E-state index in [1.165, 1.54) is 12.1 Å². The summed E-state index contributed by atoms with van der Waals surface area (Å²) in [5.41, 5.74) is 0.619. The van der Waals surface area contributed by atoms with Crippen LogP contribution in [0, 0.1) is 5.82 Å². The number of halogens is 1. The fourth-order valence-electron chi connectivity index (χ4n) is 1.65. The lowest BCUT2D eigenvalue weighted by molar-refractivity contribution is -0.0586. The molecule has 75 valence electrons. The lowest BCUT2D eigenvalue weighted by Crippen LogP contribution is -2.42. The summed E-state index contributed by atoms with van der Waals surface area (Å²) in [7, 11) is 0. The molecule has 1 fully saturated rings. The van der Waals surface area contributed by atoms with Crippen molar-refractivity contribution in [3.05, 3.63) is 35.6 Å². The van der Waals surface area contributed by atoms with E-state index in [0.717, 1.165) is 12.1 Å². The highest BCUT2D eigenvalue weighted by atomic mass is 19.1. The van der Waals surface area contributed by atoms with Gasteiger partial charge in [0.25, 0.3) is 0 Å². The maximum atomic E-state index is 12.7. The molecule has 0 spiro atoms. The van der Waals surface area contributed by atoms with Crippen molar-refractivity contribution in [1.82, 2.24) is 5.32 Å². The molecule has 0 aliphatic carbocycles. The van der Waals surface area contributed by atoms with Gasteiger partial charge in [0.1, 0.15) is 11.4 Å². The van der Waals surface area contributed by atoms with E-state index >= 15 is 0 Å². The van der Waals surface area contributed by atoms with Gasteiger partial charge in [0.2, 0.25) is 0 Å². The van der Waals surface area contributed by atoms with Crippen LogP contribution >= 0.6 is 0 Å². The summed E-state index contributed by atoms with van der Waals surface area (Å²) in [6.07, 6.45) is 0. The second-order valence-electron chi connectivity index (χ2n) is 3.69. The van der Waals surface area contributed by atoms with Gasteiger partial charge in [0.05, 0.1) is 6.61 Å². The van der Waals surface area contributed by atoms with Crippen LogP contribution in [0.5, 0.6) is 0 Å². The first-order valence-electron chi connectivity index (χ1n) is 4.74. The van der Waals surface area contributed by atoms with Gasteiger partial charge in [-0.1, -0.05) is 12.1 Å². The van der Waals surface area contributed by atoms with E-state index in [-0.39, 0.29) is 11.4 Å². The van der Waals surface area contributed by atoms with Gasteiger partial charge in [0.15, 0.2) is 0 Å². The van der Waals surface area contributed by atoms with Crippen molar-refractivity contribution in [2.45, 2.75) is 12.5 Å². The molecule has 1 radical (unpaired) electrons. The third-order valence-electron chi connectivity index (χ3n) is 2.54. The van der Waals surface area contributed by atoms with Crippen LogP contribution in [-0.4, -0.2) is 19.7 Å². The normalized spacial score (nSPS) is 27.6. The average molecular weight is 194 g/mol. The summed E-state index contributed by atoms with van der Waals surface area (Å²) in [5, 5.41) is 4.31. The first kappa shape index (κ1) is 9.62. The fourth-order valence-corrected chi connectivity index (χ4v) is 1.65. The van der Waals surface area contributed by atoms with Crippen LogP contribution < -0.4 is 5.32 Å². The third-order valence-corrected chi connectivity index (χ3v) is 2.54. The van der Waals surface area contributed by atoms with E-state index in [2.05, 4.69) is 5.32 Å². The van der Waals surface area contributed by atoms with Crippen LogP contribution in [-0.2, 0) is 10.3 Å². The molecule has 1 aliphatic heterocycles. The minimum absolute atomic E-state index is 0.218. The largest absolute Gasteiger partial charge is 0.368 e. The molecule has 1 heterocycles. The van der Waals surface area contributed by atoms with Gasteiger partial charge in [-0.2, -0.15) is 0 Å². The second kappa shape index (κ2) is 3.67. The Morgan fingerprint density at radius 2 is 2.07 bits per heavy atom. The van der Waals surface area contributed by atoms with Gasteiger partial charge in [-0.05, 0) is 24.6 Å². The Morgan fingerprint density at radius 3 is 2.64 bits per heavy atom. The molecule has 3 heteroatoms. The number of benzene rings is 1. The summed E-state index contributed by atoms with van der Waals surface area (Å²) in [6.45, 7) is 4.05. The van der Waals surface area contributed by atoms with Crippen molar-refractivity contribution >= 4 is 0 Å². The lowest BCUT2D eigenvalue weighted by atomic mass is 9.95. The predicted octanol–water partition coefficient (Wildman–Crippen LogP) is 1.68. The molecule has 1 unspecified atom stereocenters. The minimum atomic E-state index is -0.369. The van der Waals surface area contributed by atoms with Crippen molar-refractivity contribution < 1.29 is 9.13 Å². The molecule has 2 rings (SSSR count). The molecule has 1 aromatic rings. The smallest absolute Gasteiger partial charge is 0.123 e. The summed E-state index contributed by atoms with van der Waals surface area (Å²) < 4.78 is 18.4. The standard InChI is InChI=1S/C11H13FNO/c1-11(8-13-6-7-14-11)9-2-4-10(12)5-3-9/h2-5H,6-8H2,1H3. The van der Waals surface area contributed by atoms with Gasteiger partial charge in [0, 0.05) is 13.1 Å². The van der Waals surface area contributed by atoms with E-state index in [1.54, 1.807) is 12.1 Å². The molecule has 1 aromatic carbocycles. The molecule has 2 nitrogen and oxygen atoms in total. The monoisotopic (exact) mass is 194 g/mol. The fraction of sp³-hybridized carbons (Fsp3) is 0.455. The Morgan fingerprint density at radius 1 is 1.36 bits per heavy atom. The molecule has 14 heavy (non-hydrogen) atoms. The van der Waals surface area contributed by atoms with Crippen molar-refractivity contribution in [3.8, 4) is 0 Å². The molecule has 0 N–H and O–H groups in total. The Hall–Kier alpha value is -0.930. The molecule has 1 saturated heterocycles. The predicted molar refractivity (Wildman–Crippen MR) is 51.6 cm³/mol. The van der Waals surface area contributed by atoms with Gasteiger partial charge in [-0.15, -0.1) is 0 Å². The van der Waals surface area contributed by atoms with Crippen LogP contribution in [0.1, 0.15) is 12.5 Å². The quantitative estimate of drug-likeness (QED) is 0.667. The SMILES string of the molecule is CC1(c2ccc(F)cc2)C[N]CCO1. The van der Waals surface area contributed by atoms with Gasteiger partial charge >= 0.3 is 0 Å². The zero-order chi connectivity index (χ0) is 10.0. The minimum Gasteiger partial charge on any atom is -0.368 e. The highest BCUT2D eigenvalue weighted by Gasteiger charge is 2.30. The van der Waals surface area contributed by atoms with Gasteiger partial charge in [-0.25, -0.2) is 9.71 Å². The molecule has 0 aromatic heterocycles. The van der Waals surface area contributed by atoms with Crippen LogP contribution in [0.15, 0.2) is 24.3 Å². The molecular formula is C11H13FNO. The topological polar surface area (TPSA) is 23.3 Å². The van der Waals surface area contributed by atoms with E-state index < -0.39 is 0 Å². The Labute approximate surface area is 83.1 Å². The number of rotatable bonds is 1. The van der Waals surface area contributed by atoms with Crippen molar-refractivity contribution in [1.29, 1.82) is 0 Å². The summed E-state index contributed by atoms with van der Waals surface area (Å²) in [5.74, 6) is -0.218. The van der Waals surface area contributed by atoms with Gasteiger partial charge in [-0.3, -0.25) is 0 Å². The second-order valence-corrected chi connectivity index (χ2v) is 3.69. The van der Waals surface area contributed by atoms with Gasteiger partial charge < -0.3 is 4.74 Å². The maximum Gasteiger partial charge on any atom is 0.123 e. The highest BCUT2D eigenvalue weighted by molar-refractivity contribution is 5.23. The van der Waals surface area contributed by atoms with Crippen molar-refractivity contribution in [3.63, 3.8) is 0 Å². The van der Waals surface area contributed by atoms with E-state index in [4.69, 9.17) is 4.74 Å². The first-order chi connectivity index (χ1) is 6.71. The molecule has 0 saturated carbocycles. The summed E-state index contributed by atoms with van der Waals surface area (Å²) >= 11 is 0. The first-order valence-corrected chi connectivity index (χ1v) is 4.74. The zero-order valence-electron chi connectivity index (χ0n) is 8.16. The molecule has 1 aliphatic rings. The molecule has 1 atom stereocenters.